The highest BCUT2D eigenvalue weighted by molar-refractivity contribution is 5.79. The lowest BCUT2D eigenvalue weighted by Crippen LogP contribution is -2.52. The van der Waals surface area contributed by atoms with Gasteiger partial charge in [0.2, 0.25) is 5.91 Å². The van der Waals surface area contributed by atoms with E-state index < -0.39 is 11.6 Å². The van der Waals surface area contributed by atoms with E-state index >= 15 is 0 Å². The average Bonchev–Trinajstić information content (AvgIpc) is 2.18. The second kappa shape index (κ2) is 4.79. The van der Waals surface area contributed by atoms with Gasteiger partial charge in [0.15, 0.2) is 0 Å². The molecule has 0 aromatic carbocycles. The maximum atomic E-state index is 11.9. The first-order valence-corrected chi connectivity index (χ1v) is 5.58. The fraction of sp³-hybridized carbons (Fsp3) is 0.750. The molecular formula is C12H21NO2. The molecule has 0 bridgehead atoms. The monoisotopic (exact) mass is 211 g/mol. The Labute approximate surface area is 91.6 Å². The van der Waals surface area contributed by atoms with Crippen LogP contribution in [0.5, 0.6) is 0 Å². The summed E-state index contributed by atoms with van der Waals surface area (Å²) in [6.07, 6.45) is 6.35. The van der Waals surface area contributed by atoms with Gasteiger partial charge in [-0.25, -0.2) is 0 Å². The van der Waals surface area contributed by atoms with E-state index in [9.17, 15) is 9.90 Å². The van der Waals surface area contributed by atoms with Gasteiger partial charge in [-0.2, -0.15) is 0 Å². The van der Waals surface area contributed by atoms with Crippen molar-refractivity contribution in [2.24, 2.45) is 5.92 Å². The standard InChI is InChI=1S/C12H21NO2/c1-9(14)12(2,3)13-11(15)10-7-5-4-6-8-10/h4-5,9-10,14H,6-8H2,1-3H3,(H,13,15). The first-order valence-electron chi connectivity index (χ1n) is 5.58. The van der Waals surface area contributed by atoms with Gasteiger partial charge in [0, 0.05) is 5.92 Å². The minimum absolute atomic E-state index is 0.0604. The van der Waals surface area contributed by atoms with Gasteiger partial charge in [-0.15, -0.1) is 0 Å². The Balaban J connectivity index is 2.51. The number of rotatable bonds is 3. The van der Waals surface area contributed by atoms with E-state index in [0.29, 0.717) is 0 Å². The van der Waals surface area contributed by atoms with Crippen LogP contribution in [0.15, 0.2) is 12.2 Å². The number of aliphatic hydroxyl groups excluding tert-OH is 1. The highest BCUT2D eigenvalue weighted by Gasteiger charge is 2.29. The number of nitrogens with one attached hydrogen (secondary N) is 1. The normalized spacial score (nSPS) is 23.6. The van der Waals surface area contributed by atoms with Crippen LogP contribution in [0.3, 0.4) is 0 Å². The van der Waals surface area contributed by atoms with Crippen LogP contribution in [0.2, 0.25) is 0 Å². The predicted octanol–water partition coefficient (Wildman–Crippen LogP) is 1.62. The van der Waals surface area contributed by atoms with Gasteiger partial charge in [0.05, 0.1) is 11.6 Å². The van der Waals surface area contributed by atoms with E-state index in [-0.39, 0.29) is 11.8 Å². The number of aliphatic hydroxyl groups is 1. The number of carbonyl (C=O) groups is 1. The van der Waals surface area contributed by atoms with E-state index in [1.165, 1.54) is 0 Å². The van der Waals surface area contributed by atoms with Gasteiger partial charge in [0.1, 0.15) is 0 Å². The lowest BCUT2D eigenvalue weighted by atomic mass is 9.91. The van der Waals surface area contributed by atoms with Gasteiger partial charge < -0.3 is 10.4 Å². The van der Waals surface area contributed by atoms with Crippen molar-refractivity contribution in [3.8, 4) is 0 Å². The van der Waals surface area contributed by atoms with Crippen LogP contribution in [-0.2, 0) is 4.79 Å². The molecule has 1 rings (SSSR count). The third-order valence-electron chi connectivity index (χ3n) is 3.13. The molecule has 1 aliphatic carbocycles. The minimum atomic E-state index is -0.543. The van der Waals surface area contributed by atoms with Gasteiger partial charge in [-0.05, 0) is 40.0 Å². The van der Waals surface area contributed by atoms with Crippen LogP contribution >= 0.6 is 0 Å². The summed E-state index contributed by atoms with van der Waals surface area (Å²) < 4.78 is 0. The molecule has 0 aromatic heterocycles. The zero-order valence-corrected chi connectivity index (χ0v) is 9.79. The van der Waals surface area contributed by atoms with E-state index in [2.05, 4.69) is 17.5 Å². The quantitative estimate of drug-likeness (QED) is 0.697. The van der Waals surface area contributed by atoms with Crippen molar-refractivity contribution in [2.45, 2.75) is 51.7 Å². The zero-order valence-electron chi connectivity index (χ0n) is 9.79. The number of hydrogen-bond donors (Lipinski definition) is 2. The molecule has 2 unspecified atom stereocenters. The van der Waals surface area contributed by atoms with Gasteiger partial charge in [0.25, 0.3) is 0 Å². The molecule has 3 heteroatoms. The van der Waals surface area contributed by atoms with Gasteiger partial charge in [-0.1, -0.05) is 12.2 Å². The van der Waals surface area contributed by atoms with Crippen molar-refractivity contribution in [3.05, 3.63) is 12.2 Å². The Bertz CT molecular complexity index is 256. The number of amides is 1. The molecule has 3 nitrogen and oxygen atoms in total. The van der Waals surface area contributed by atoms with Crippen LogP contribution < -0.4 is 5.32 Å². The predicted molar refractivity (Wildman–Crippen MR) is 60.4 cm³/mol. The van der Waals surface area contributed by atoms with E-state index in [4.69, 9.17) is 0 Å². The molecule has 0 spiro atoms. The summed E-state index contributed by atoms with van der Waals surface area (Å²) in [6, 6.07) is 0. The Morgan fingerprint density at radius 3 is 2.67 bits per heavy atom. The Hall–Kier alpha value is -0.830. The Morgan fingerprint density at radius 2 is 2.20 bits per heavy atom. The number of carbonyl (C=O) groups excluding carboxylic acids is 1. The molecule has 0 radical (unpaired) electrons. The van der Waals surface area contributed by atoms with Crippen molar-refractivity contribution in [2.75, 3.05) is 0 Å². The first kappa shape index (κ1) is 12.2. The zero-order chi connectivity index (χ0) is 11.5. The smallest absolute Gasteiger partial charge is 0.223 e. The molecular weight excluding hydrogens is 190 g/mol. The average molecular weight is 211 g/mol. The van der Waals surface area contributed by atoms with Crippen molar-refractivity contribution in [3.63, 3.8) is 0 Å². The van der Waals surface area contributed by atoms with Gasteiger partial charge in [-0.3, -0.25) is 4.79 Å². The summed E-state index contributed by atoms with van der Waals surface area (Å²) in [7, 11) is 0. The molecule has 2 N–H and O–H groups in total. The third-order valence-corrected chi connectivity index (χ3v) is 3.13. The number of allylic oxidation sites excluding steroid dienone is 2. The summed E-state index contributed by atoms with van der Waals surface area (Å²) >= 11 is 0. The maximum absolute atomic E-state index is 11.9. The first-order chi connectivity index (χ1) is 6.93. The fourth-order valence-corrected chi connectivity index (χ4v) is 1.56. The summed E-state index contributed by atoms with van der Waals surface area (Å²) in [5.74, 6) is 0.137. The molecule has 0 aromatic rings. The molecule has 0 aliphatic heterocycles. The van der Waals surface area contributed by atoms with Crippen LogP contribution in [0.1, 0.15) is 40.0 Å². The largest absolute Gasteiger partial charge is 0.391 e. The van der Waals surface area contributed by atoms with Crippen molar-refractivity contribution < 1.29 is 9.90 Å². The van der Waals surface area contributed by atoms with E-state index in [0.717, 1.165) is 19.3 Å². The summed E-state index contributed by atoms with van der Waals surface area (Å²) in [5, 5.41) is 12.4. The highest BCUT2D eigenvalue weighted by atomic mass is 16.3. The Kier molecular flexibility index (Phi) is 3.91. The summed E-state index contributed by atoms with van der Waals surface area (Å²) in [6.45, 7) is 5.38. The molecule has 0 heterocycles. The van der Waals surface area contributed by atoms with Crippen LogP contribution in [-0.4, -0.2) is 22.7 Å². The van der Waals surface area contributed by atoms with Crippen LogP contribution in [0, 0.1) is 5.92 Å². The molecule has 15 heavy (non-hydrogen) atoms. The van der Waals surface area contributed by atoms with Crippen molar-refractivity contribution >= 4 is 5.91 Å². The van der Waals surface area contributed by atoms with E-state index in [1.54, 1.807) is 6.92 Å². The van der Waals surface area contributed by atoms with E-state index in [1.807, 2.05) is 13.8 Å². The van der Waals surface area contributed by atoms with Crippen LogP contribution in [0.25, 0.3) is 0 Å². The molecule has 0 saturated heterocycles. The second-order valence-corrected chi connectivity index (χ2v) is 4.87. The lowest BCUT2D eigenvalue weighted by molar-refractivity contribution is -0.128. The molecule has 0 saturated carbocycles. The topological polar surface area (TPSA) is 49.3 Å². The molecule has 1 aliphatic rings. The molecule has 0 fully saturated rings. The van der Waals surface area contributed by atoms with Crippen molar-refractivity contribution in [1.29, 1.82) is 0 Å². The van der Waals surface area contributed by atoms with Crippen LogP contribution in [0.4, 0.5) is 0 Å². The fourth-order valence-electron chi connectivity index (χ4n) is 1.56. The minimum Gasteiger partial charge on any atom is -0.391 e. The maximum Gasteiger partial charge on any atom is 0.223 e. The SMILES string of the molecule is CC(O)C(C)(C)NC(=O)C1CC=CCC1. The van der Waals surface area contributed by atoms with Gasteiger partial charge >= 0.3 is 0 Å². The molecule has 86 valence electrons. The summed E-state index contributed by atoms with van der Waals surface area (Å²) in [5.41, 5.74) is -0.543. The summed E-state index contributed by atoms with van der Waals surface area (Å²) in [4.78, 5) is 11.9. The molecule has 2 atom stereocenters. The second-order valence-electron chi connectivity index (χ2n) is 4.87. The number of hydrogen-bond acceptors (Lipinski definition) is 2. The lowest BCUT2D eigenvalue weighted by Gasteiger charge is -2.31. The highest BCUT2D eigenvalue weighted by Crippen LogP contribution is 2.20. The molecule has 1 amide bonds. The Morgan fingerprint density at radius 1 is 1.53 bits per heavy atom. The van der Waals surface area contributed by atoms with Crippen molar-refractivity contribution in [1.82, 2.24) is 5.32 Å². The third kappa shape index (κ3) is 3.34.